The second kappa shape index (κ2) is 9.22. The molecule has 1 aromatic carbocycles. The first-order chi connectivity index (χ1) is 10.9. The molecule has 2 amide bonds. The van der Waals surface area contributed by atoms with E-state index in [0.717, 1.165) is 29.9 Å². The molecule has 0 fully saturated rings. The Balaban J connectivity index is 2.85. The minimum Gasteiger partial charge on any atom is -0.343 e. The molecule has 1 aromatic rings. The van der Waals surface area contributed by atoms with Crippen LogP contribution in [0.1, 0.15) is 40.0 Å². The lowest BCUT2D eigenvalue weighted by Gasteiger charge is -2.25. The normalized spacial score (nSPS) is 10.5. The van der Waals surface area contributed by atoms with E-state index in [9.17, 15) is 18.4 Å². The molecule has 0 heterocycles. The summed E-state index contributed by atoms with van der Waals surface area (Å²) < 4.78 is 27.7. The summed E-state index contributed by atoms with van der Waals surface area (Å²) >= 11 is 0. The lowest BCUT2D eigenvalue weighted by Crippen LogP contribution is -2.37. The fraction of sp³-hybridized carbons (Fsp3) is 0.529. The van der Waals surface area contributed by atoms with Crippen LogP contribution in [0.15, 0.2) is 18.2 Å². The van der Waals surface area contributed by atoms with Gasteiger partial charge in [-0.2, -0.15) is 0 Å². The van der Waals surface area contributed by atoms with Gasteiger partial charge in [-0.25, -0.2) is 8.78 Å². The van der Waals surface area contributed by atoms with Crippen LogP contribution in [0.25, 0.3) is 0 Å². The third-order valence-corrected chi connectivity index (χ3v) is 3.48. The first-order valence-electron chi connectivity index (χ1n) is 7.92. The summed E-state index contributed by atoms with van der Waals surface area (Å²) in [6.07, 6.45) is 1.71. The summed E-state index contributed by atoms with van der Waals surface area (Å²) in [5.41, 5.74) is -0.398. The van der Waals surface area contributed by atoms with Crippen LogP contribution in [-0.4, -0.2) is 36.3 Å². The molecule has 4 nitrogen and oxygen atoms in total. The molecular weight excluding hydrogens is 302 g/mol. The van der Waals surface area contributed by atoms with Gasteiger partial charge in [-0.05, 0) is 25.0 Å². The predicted molar refractivity (Wildman–Crippen MR) is 86.2 cm³/mol. The largest absolute Gasteiger partial charge is 0.343 e. The highest BCUT2D eigenvalue weighted by atomic mass is 19.1. The van der Waals surface area contributed by atoms with E-state index in [1.54, 1.807) is 4.90 Å². The summed E-state index contributed by atoms with van der Waals surface area (Å²) in [4.78, 5) is 26.7. The van der Waals surface area contributed by atoms with Crippen molar-refractivity contribution >= 4 is 17.5 Å². The van der Waals surface area contributed by atoms with Crippen molar-refractivity contribution in [3.63, 3.8) is 0 Å². The Hall–Kier alpha value is -1.98. The van der Waals surface area contributed by atoms with Gasteiger partial charge in [0.25, 0.3) is 0 Å². The van der Waals surface area contributed by atoms with Crippen LogP contribution in [0.5, 0.6) is 0 Å². The summed E-state index contributed by atoms with van der Waals surface area (Å²) in [5, 5.41) is 0. The molecule has 0 aliphatic heterocycles. The Bertz CT molecular complexity index is 523. The van der Waals surface area contributed by atoms with E-state index in [1.165, 1.54) is 13.0 Å². The van der Waals surface area contributed by atoms with E-state index in [0.29, 0.717) is 13.1 Å². The summed E-state index contributed by atoms with van der Waals surface area (Å²) in [7, 11) is 0. The highest BCUT2D eigenvalue weighted by Crippen LogP contribution is 2.23. The second-order valence-electron chi connectivity index (χ2n) is 5.37. The molecule has 6 heteroatoms. The molecule has 0 N–H and O–H groups in total. The van der Waals surface area contributed by atoms with Gasteiger partial charge in [0.05, 0.1) is 0 Å². The van der Waals surface area contributed by atoms with Gasteiger partial charge in [0, 0.05) is 33.0 Å². The van der Waals surface area contributed by atoms with Gasteiger partial charge in [0.1, 0.15) is 17.3 Å². The fourth-order valence-electron chi connectivity index (χ4n) is 2.44. The molecule has 0 saturated heterocycles. The zero-order chi connectivity index (χ0) is 17.4. The third-order valence-electron chi connectivity index (χ3n) is 3.48. The van der Waals surface area contributed by atoms with Gasteiger partial charge in [0.2, 0.25) is 11.8 Å². The minimum absolute atomic E-state index is 0.0351. The van der Waals surface area contributed by atoms with E-state index >= 15 is 0 Å². The number of rotatable bonds is 8. The van der Waals surface area contributed by atoms with Gasteiger partial charge in [-0.3, -0.25) is 9.59 Å². The van der Waals surface area contributed by atoms with Gasteiger partial charge >= 0.3 is 0 Å². The zero-order valence-corrected chi connectivity index (χ0v) is 13.9. The highest BCUT2D eigenvalue weighted by molar-refractivity contribution is 5.92. The molecule has 0 radical (unpaired) electrons. The van der Waals surface area contributed by atoms with Crippen LogP contribution in [0.2, 0.25) is 0 Å². The Morgan fingerprint density at radius 2 is 1.52 bits per heavy atom. The molecule has 128 valence electrons. The number of hydrogen-bond acceptors (Lipinski definition) is 2. The number of amides is 2. The Morgan fingerprint density at radius 1 is 1.00 bits per heavy atom. The van der Waals surface area contributed by atoms with Crippen molar-refractivity contribution in [1.29, 1.82) is 0 Å². The van der Waals surface area contributed by atoms with E-state index in [1.807, 2.05) is 13.8 Å². The molecule has 0 aliphatic carbocycles. The number of carbonyl (C=O) groups is 2. The SMILES string of the molecule is CCCN(CCC)C(=O)CCN(C(C)=O)c1c(F)cccc1F. The van der Waals surface area contributed by atoms with Gasteiger partial charge in [0.15, 0.2) is 0 Å². The van der Waals surface area contributed by atoms with Crippen molar-refractivity contribution in [2.75, 3.05) is 24.5 Å². The first-order valence-corrected chi connectivity index (χ1v) is 7.92. The van der Waals surface area contributed by atoms with Crippen molar-refractivity contribution in [3.05, 3.63) is 29.8 Å². The maximum Gasteiger partial charge on any atom is 0.224 e. The lowest BCUT2D eigenvalue weighted by atomic mass is 10.2. The second-order valence-corrected chi connectivity index (χ2v) is 5.37. The van der Waals surface area contributed by atoms with E-state index in [4.69, 9.17) is 0 Å². The van der Waals surface area contributed by atoms with Crippen molar-refractivity contribution in [1.82, 2.24) is 4.90 Å². The number of para-hydroxylation sites is 1. The van der Waals surface area contributed by atoms with Crippen LogP contribution in [-0.2, 0) is 9.59 Å². The predicted octanol–water partition coefficient (Wildman–Crippen LogP) is 3.36. The molecule has 0 unspecified atom stereocenters. The fourth-order valence-corrected chi connectivity index (χ4v) is 2.44. The van der Waals surface area contributed by atoms with Crippen LogP contribution >= 0.6 is 0 Å². The molecule has 0 atom stereocenters. The summed E-state index contributed by atoms with van der Waals surface area (Å²) in [6, 6.07) is 3.43. The van der Waals surface area contributed by atoms with Crippen molar-refractivity contribution in [3.8, 4) is 0 Å². The van der Waals surface area contributed by atoms with Gasteiger partial charge in [-0.1, -0.05) is 19.9 Å². The molecule has 23 heavy (non-hydrogen) atoms. The summed E-state index contributed by atoms with van der Waals surface area (Å²) in [5.74, 6) is -2.24. The monoisotopic (exact) mass is 326 g/mol. The molecule has 0 aromatic heterocycles. The van der Waals surface area contributed by atoms with Crippen molar-refractivity contribution < 1.29 is 18.4 Å². The highest BCUT2D eigenvalue weighted by Gasteiger charge is 2.22. The number of nitrogens with zero attached hydrogens (tertiary/aromatic N) is 2. The number of carbonyl (C=O) groups excluding carboxylic acids is 2. The smallest absolute Gasteiger partial charge is 0.224 e. The van der Waals surface area contributed by atoms with Crippen LogP contribution in [0, 0.1) is 11.6 Å². The average Bonchev–Trinajstić information content (AvgIpc) is 2.49. The average molecular weight is 326 g/mol. The minimum atomic E-state index is -0.813. The number of hydrogen-bond donors (Lipinski definition) is 0. The number of anilines is 1. The molecular formula is C17H24F2N2O2. The maximum absolute atomic E-state index is 13.9. The molecule has 1 rings (SSSR count). The van der Waals surface area contributed by atoms with Gasteiger partial charge < -0.3 is 9.80 Å². The summed E-state index contributed by atoms with van der Waals surface area (Å²) in [6.45, 7) is 6.42. The standard InChI is InChI=1S/C17H24F2N2O2/c1-4-10-20(11-5-2)16(23)9-12-21(13(3)22)17-14(18)7-6-8-15(17)19/h6-8H,4-5,9-12H2,1-3H3. The van der Waals surface area contributed by atoms with Gasteiger partial charge in [-0.15, -0.1) is 0 Å². The van der Waals surface area contributed by atoms with Crippen molar-refractivity contribution in [2.45, 2.75) is 40.0 Å². The number of benzene rings is 1. The lowest BCUT2D eigenvalue weighted by molar-refractivity contribution is -0.131. The molecule has 0 aliphatic rings. The Kier molecular flexibility index (Phi) is 7.65. The molecule has 0 spiro atoms. The van der Waals surface area contributed by atoms with Crippen LogP contribution < -0.4 is 4.90 Å². The molecule has 0 saturated carbocycles. The topological polar surface area (TPSA) is 40.6 Å². The van der Waals surface area contributed by atoms with E-state index in [2.05, 4.69) is 0 Å². The van der Waals surface area contributed by atoms with E-state index in [-0.39, 0.29) is 18.9 Å². The number of halogens is 2. The first kappa shape index (κ1) is 19.1. The van der Waals surface area contributed by atoms with Crippen LogP contribution in [0.3, 0.4) is 0 Å². The Morgan fingerprint density at radius 3 is 1.96 bits per heavy atom. The zero-order valence-electron chi connectivity index (χ0n) is 13.9. The maximum atomic E-state index is 13.9. The van der Waals surface area contributed by atoms with Crippen LogP contribution in [0.4, 0.5) is 14.5 Å². The third kappa shape index (κ3) is 5.30. The Labute approximate surface area is 136 Å². The molecule has 0 bridgehead atoms. The van der Waals surface area contributed by atoms with E-state index < -0.39 is 23.2 Å². The quantitative estimate of drug-likeness (QED) is 0.735. The van der Waals surface area contributed by atoms with Crippen molar-refractivity contribution in [2.24, 2.45) is 0 Å².